The van der Waals surface area contributed by atoms with E-state index in [2.05, 4.69) is 15.6 Å². The van der Waals surface area contributed by atoms with Crippen LogP contribution in [0.25, 0.3) is 11.1 Å². The van der Waals surface area contributed by atoms with Gasteiger partial charge in [0, 0.05) is 0 Å². The van der Waals surface area contributed by atoms with Gasteiger partial charge in [-0.25, -0.2) is 4.79 Å². The van der Waals surface area contributed by atoms with E-state index in [4.69, 9.17) is 0 Å². The summed E-state index contributed by atoms with van der Waals surface area (Å²) in [7, 11) is 0. The number of hydrazone groups is 2. The number of benzene rings is 3. The second-order valence-corrected chi connectivity index (χ2v) is 7.76. The Morgan fingerprint density at radius 1 is 0.970 bits per heavy atom. The molecule has 0 spiro atoms. The Morgan fingerprint density at radius 3 is 2.42 bits per heavy atom. The summed E-state index contributed by atoms with van der Waals surface area (Å²) in [5.41, 5.74) is 7.91. The van der Waals surface area contributed by atoms with Crippen LogP contribution in [0, 0.1) is 13.8 Å². The second kappa shape index (κ2) is 8.58. The molecule has 3 aromatic rings. The molecule has 4 rings (SSSR count). The van der Waals surface area contributed by atoms with Gasteiger partial charge in [0.2, 0.25) is 0 Å². The number of aromatic hydroxyl groups is 1. The maximum atomic E-state index is 12.9. The first-order chi connectivity index (χ1) is 15.7. The average molecular weight is 442 g/mol. The molecule has 0 saturated carbocycles. The Labute approximate surface area is 190 Å². The zero-order chi connectivity index (χ0) is 23.7. The number of phenols is 1. The maximum Gasteiger partial charge on any atom is 0.335 e. The fourth-order valence-corrected chi connectivity index (χ4v) is 3.41. The summed E-state index contributed by atoms with van der Waals surface area (Å²) in [5, 5.41) is 29.4. The van der Waals surface area contributed by atoms with E-state index in [1.165, 1.54) is 23.2 Å². The van der Waals surface area contributed by atoms with Crippen molar-refractivity contribution in [3.05, 3.63) is 77.4 Å². The number of carbonyl (C=O) groups is 2. The molecule has 3 N–H and O–H groups in total. The molecule has 166 valence electrons. The molecular weight excluding hydrogens is 420 g/mol. The lowest BCUT2D eigenvalue weighted by atomic mass is 10.0. The molecule has 1 aliphatic rings. The number of hydrogen-bond acceptors (Lipinski definition) is 6. The van der Waals surface area contributed by atoms with Gasteiger partial charge in [0.25, 0.3) is 0 Å². The van der Waals surface area contributed by atoms with Crippen molar-refractivity contribution in [2.45, 2.75) is 20.8 Å². The summed E-state index contributed by atoms with van der Waals surface area (Å²) >= 11 is 0. The quantitative estimate of drug-likeness (QED) is 0.396. The van der Waals surface area contributed by atoms with Crippen LogP contribution < -0.4 is 10.4 Å². The summed E-state index contributed by atoms with van der Waals surface area (Å²) in [6.45, 7) is 5.66. The van der Waals surface area contributed by atoms with Gasteiger partial charge in [-0.05, 0) is 79.4 Å². The number of aromatic carboxylic acids is 1. The molecule has 8 heteroatoms. The number of hydrogen-bond donors (Lipinski definition) is 3. The molecule has 0 radical (unpaired) electrons. The molecule has 0 bridgehead atoms. The first-order valence-corrected chi connectivity index (χ1v) is 10.2. The van der Waals surface area contributed by atoms with E-state index >= 15 is 0 Å². The fourth-order valence-electron chi connectivity index (χ4n) is 3.41. The van der Waals surface area contributed by atoms with Crippen LogP contribution in [-0.2, 0) is 4.79 Å². The Hall–Kier alpha value is -4.46. The van der Waals surface area contributed by atoms with Gasteiger partial charge in [-0.1, -0.05) is 24.3 Å². The van der Waals surface area contributed by atoms with Gasteiger partial charge in [-0.15, -0.1) is 0 Å². The Kier molecular flexibility index (Phi) is 5.66. The van der Waals surface area contributed by atoms with Crippen LogP contribution in [0.1, 0.15) is 28.4 Å². The van der Waals surface area contributed by atoms with Gasteiger partial charge in [0.15, 0.2) is 5.71 Å². The van der Waals surface area contributed by atoms with E-state index in [0.717, 1.165) is 11.1 Å². The van der Waals surface area contributed by atoms with Gasteiger partial charge >= 0.3 is 11.9 Å². The molecule has 1 heterocycles. The third-order valence-corrected chi connectivity index (χ3v) is 5.45. The number of aryl methyl sites for hydroxylation is 2. The van der Waals surface area contributed by atoms with Crippen LogP contribution in [0.5, 0.6) is 5.75 Å². The van der Waals surface area contributed by atoms with E-state index in [1.54, 1.807) is 31.2 Å². The van der Waals surface area contributed by atoms with Crippen molar-refractivity contribution in [3.8, 4) is 16.9 Å². The standard InChI is InChI=1S/C25H22N4O4/c1-14-7-9-20(11-15(14)2)29-24(31)23(16(3)28-29)27-26-21-10-8-18(13-22(21)30)17-5-4-6-19(12-17)25(32)33/h4-13,26,30H,1-3H3,(H,32,33). The molecule has 1 amide bonds. The van der Waals surface area contributed by atoms with Crippen molar-refractivity contribution < 1.29 is 19.8 Å². The van der Waals surface area contributed by atoms with Gasteiger partial charge in [0.05, 0.1) is 22.6 Å². The second-order valence-electron chi connectivity index (χ2n) is 7.76. The van der Waals surface area contributed by atoms with Crippen LogP contribution in [-0.4, -0.2) is 33.5 Å². The van der Waals surface area contributed by atoms with Gasteiger partial charge < -0.3 is 10.2 Å². The largest absolute Gasteiger partial charge is 0.506 e. The average Bonchev–Trinajstić information content (AvgIpc) is 3.08. The first kappa shape index (κ1) is 21.8. The monoisotopic (exact) mass is 442 g/mol. The van der Waals surface area contributed by atoms with Crippen molar-refractivity contribution in [1.82, 2.24) is 0 Å². The number of phenolic OH excluding ortho intramolecular Hbond substituents is 1. The number of rotatable bonds is 5. The summed E-state index contributed by atoms with van der Waals surface area (Å²) < 4.78 is 0. The molecule has 0 aliphatic carbocycles. The predicted molar refractivity (Wildman–Crippen MR) is 128 cm³/mol. The zero-order valence-electron chi connectivity index (χ0n) is 18.3. The maximum absolute atomic E-state index is 12.9. The summed E-state index contributed by atoms with van der Waals surface area (Å²) in [4.78, 5) is 24.1. The molecule has 0 saturated heterocycles. The molecule has 0 unspecified atom stereocenters. The number of anilines is 2. The molecule has 0 atom stereocenters. The van der Waals surface area contributed by atoms with Gasteiger partial charge in [-0.2, -0.15) is 15.2 Å². The Balaban J connectivity index is 1.55. The highest BCUT2D eigenvalue weighted by Gasteiger charge is 2.31. The molecule has 8 nitrogen and oxygen atoms in total. The minimum absolute atomic E-state index is 0.0939. The first-order valence-electron chi connectivity index (χ1n) is 10.2. The van der Waals surface area contributed by atoms with Crippen LogP contribution in [0.15, 0.2) is 70.9 Å². The zero-order valence-corrected chi connectivity index (χ0v) is 18.3. The van der Waals surface area contributed by atoms with Gasteiger partial charge in [0.1, 0.15) is 5.75 Å². The minimum Gasteiger partial charge on any atom is -0.506 e. The lowest BCUT2D eigenvalue weighted by Gasteiger charge is -2.13. The summed E-state index contributed by atoms with van der Waals surface area (Å²) in [5.74, 6) is -1.49. The van der Waals surface area contributed by atoms with Crippen LogP contribution in [0.2, 0.25) is 0 Å². The molecule has 33 heavy (non-hydrogen) atoms. The van der Waals surface area contributed by atoms with E-state index in [1.807, 2.05) is 32.0 Å². The Morgan fingerprint density at radius 2 is 1.73 bits per heavy atom. The van der Waals surface area contributed by atoms with Crippen LogP contribution in [0.4, 0.5) is 11.4 Å². The number of carboxylic acid groups (broad SMARTS) is 1. The van der Waals surface area contributed by atoms with Crippen molar-refractivity contribution >= 4 is 34.7 Å². The third kappa shape index (κ3) is 4.31. The Bertz CT molecular complexity index is 1340. The molecule has 1 aliphatic heterocycles. The van der Waals surface area contributed by atoms with Crippen molar-refractivity contribution in [2.24, 2.45) is 10.2 Å². The van der Waals surface area contributed by atoms with E-state index < -0.39 is 5.97 Å². The highest BCUT2D eigenvalue weighted by Crippen LogP contribution is 2.31. The fraction of sp³-hybridized carbons (Fsp3) is 0.120. The van der Waals surface area contributed by atoms with Crippen molar-refractivity contribution in [1.29, 1.82) is 0 Å². The van der Waals surface area contributed by atoms with Crippen LogP contribution in [0.3, 0.4) is 0 Å². The minimum atomic E-state index is -1.02. The van der Waals surface area contributed by atoms with Gasteiger partial charge in [-0.3, -0.25) is 10.2 Å². The number of carboxylic acids is 1. The number of nitrogens with one attached hydrogen (secondary N) is 1. The van der Waals surface area contributed by atoms with Crippen molar-refractivity contribution in [2.75, 3.05) is 10.4 Å². The lowest BCUT2D eigenvalue weighted by molar-refractivity contribution is -0.112. The van der Waals surface area contributed by atoms with Crippen molar-refractivity contribution in [3.63, 3.8) is 0 Å². The van der Waals surface area contributed by atoms with E-state index in [9.17, 15) is 19.8 Å². The van der Waals surface area contributed by atoms with E-state index in [0.29, 0.717) is 28.2 Å². The number of nitrogens with zero attached hydrogens (tertiary/aromatic N) is 3. The molecule has 0 aromatic heterocycles. The summed E-state index contributed by atoms with van der Waals surface area (Å²) in [6.07, 6.45) is 0. The molecule has 0 fully saturated rings. The predicted octanol–water partition coefficient (Wildman–Crippen LogP) is 4.56. The smallest absolute Gasteiger partial charge is 0.335 e. The lowest BCUT2D eigenvalue weighted by Crippen LogP contribution is -2.28. The molecular formula is C25H22N4O4. The SMILES string of the molecule is CC1=NN(c2ccc(C)c(C)c2)C(=O)C1=NNc1ccc(-c2cccc(C(=O)O)c2)cc1O. The van der Waals surface area contributed by atoms with Crippen LogP contribution >= 0.6 is 0 Å². The van der Waals surface area contributed by atoms with E-state index in [-0.39, 0.29) is 22.9 Å². The third-order valence-electron chi connectivity index (χ3n) is 5.45. The topological polar surface area (TPSA) is 115 Å². The highest BCUT2D eigenvalue weighted by molar-refractivity contribution is 6.71. The normalized spacial score (nSPS) is 14.5. The molecule has 3 aromatic carbocycles. The highest BCUT2D eigenvalue weighted by atomic mass is 16.4. The number of carbonyl (C=O) groups excluding carboxylic acids is 1. The number of amides is 1. The summed E-state index contributed by atoms with van der Waals surface area (Å²) in [6, 6.07) is 16.9.